The van der Waals surface area contributed by atoms with Crippen molar-refractivity contribution in [1.82, 2.24) is 5.32 Å². The third-order valence-corrected chi connectivity index (χ3v) is 2.78. The summed E-state index contributed by atoms with van der Waals surface area (Å²) in [5.74, 6) is 2.52. The summed E-state index contributed by atoms with van der Waals surface area (Å²) in [6.07, 6.45) is 5.70. The SMILES string of the molecule is C#CCC(CO)NCc1cc(Cl)cc(Br)c1. The molecule has 0 aromatic heterocycles. The molecule has 1 rings (SSSR count). The van der Waals surface area contributed by atoms with Gasteiger partial charge in [-0.1, -0.05) is 27.5 Å². The number of halogens is 2. The summed E-state index contributed by atoms with van der Waals surface area (Å²) in [5.41, 5.74) is 1.05. The smallest absolute Gasteiger partial charge is 0.0594 e. The fourth-order valence-corrected chi connectivity index (χ4v) is 2.25. The van der Waals surface area contributed by atoms with Gasteiger partial charge in [0.25, 0.3) is 0 Å². The molecule has 0 aliphatic carbocycles. The van der Waals surface area contributed by atoms with E-state index in [1.165, 1.54) is 0 Å². The van der Waals surface area contributed by atoms with Crippen LogP contribution in [0.1, 0.15) is 12.0 Å². The minimum Gasteiger partial charge on any atom is -0.395 e. The van der Waals surface area contributed by atoms with Gasteiger partial charge >= 0.3 is 0 Å². The van der Waals surface area contributed by atoms with E-state index in [-0.39, 0.29) is 12.6 Å². The highest BCUT2D eigenvalue weighted by Gasteiger charge is 2.05. The maximum atomic E-state index is 9.05. The van der Waals surface area contributed by atoms with Gasteiger partial charge in [-0.3, -0.25) is 0 Å². The minimum absolute atomic E-state index is 0.0337. The second-order valence-corrected chi connectivity index (χ2v) is 4.80. The average Bonchev–Trinajstić information content (AvgIpc) is 2.23. The molecule has 2 nitrogen and oxygen atoms in total. The van der Waals surface area contributed by atoms with E-state index in [0.29, 0.717) is 18.0 Å². The van der Waals surface area contributed by atoms with Crippen LogP contribution in [0.2, 0.25) is 5.02 Å². The Hall–Kier alpha value is -0.530. The number of aliphatic hydroxyl groups is 1. The summed E-state index contributed by atoms with van der Waals surface area (Å²) in [4.78, 5) is 0. The molecule has 2 N–H and O–H groups in total. The van der Waals surface area contributed by atoms with Gasteiger partial charge < -0.3 is 10.4 Å². The highest BCUT2D eigenvalue weighted by atomic mass is 79.9. The quantitative estimate of drug-likeness (QED) is 0.820. The van der Waals surface area contributed by atoms with Gasteiger partial charge in [-0.05, 0) is 23.8 Å². The molecule has 4 heteroatoms. The van der Waals surface area contributed by atoms with Crippen LogP contribution in [-0.4, -0.2) is 17.8 Å². The average molecular weight is 303 g/mol. The third kappa shape index (κ3) is 4.54. The Labute approximate surface area is 109 Å². The lowest BCUT2D eigenvalue weighted by Gasteiger charge is -2.13. The van der Waals surface area contributed by atoms with Crippen molar-refractivity contribution < 1.29 is 5.11 Å². The molecular weight excluding hydrogens is 289 g/mol. The summed E-state index contributed by atoms with van der Waals surface area (Å²) < 4.78 is 0.939. The maximum absolute atomic E-state index is 9.05. The molecule has 0 radical (unpaired) electrons. The van der Waals surface area contributed by atoms with Crippen LogP contribution >= 0.6 is 27.5 Å². The summed E-state index contributed by atoms with van der Waals surface area (Å²) in [5, 5.41) is 12.9. The summed E-state index contributed by atoms with van der Waals surface area (Å²) >= 11 is 9.29. The van der Waals surface area contributed by atoms with Gasteiger partial charge in [-0.2, -0.15) is 0 Å². The first kappa shape index (κ1) is 13.5. The van der Waals surface area contributed by atoms with Gasteiger partial charge in [0.15, 0.2) is 0 Å². The van der Waals surface area contributed by atoms with E-state index in [4.69, 9.17) is 23.1 Å². The predicted octanol–water partition coefficient (Wildman–Crippen LogP) is 2.58. The van der Waals surface area contributed by atoms with Crippen LogP contribution in [0.4, 0.5) is 0 Å². The summed E-state index contributed by atoms with van der Waals surface area (Å²) in [7, 11) is 0. The monoisotopic (exact) mass is 301 g/mol. The van der Waals surface area contributed by atoms with E-state index in [9.17, 15) is 0 Å². The Morgan fingerprint density at radius 2 is 2.25 bits per heavy atom. The van der Waals surface area contributed by atoms with Crippen molar-refractivity contribution in [2.24, 2.45) is 0 Å². The maximum Gasteiger partial charge on any atom is 0.0594 e. The molecule has 0 saturated carbocycles. The molecular formula is C12H13BrClNO. The van der Waals surface area contributed by atoms with E-state index >= 15 is 0 Å². The largest absolute Gasteiger partial charge is 0.395 e. The van der Waals surface area contributed by atoms with Crippen molar-refractivity contribution in [3.8, 4) is 12.3 Å². The van der Waals surface area contributed by atoms with Crippen molar-refractivity contribution >= 4 is 27.5 Å². The summed E-state index contributed by atoms with van der Waals surface area (Å²) in [6.45, 7) is 0.665. The molecule has 0 fully saturated rings. The van der Waals surface area contributed by atoms with Crippen molar-refractivity contribution in [2.45, 2.75) is 19.0 Å². The molecule has 16 heavy (non-hydrogen) atoms. The number of benzene rings is 1. The molecule has 1 atom stereocenters. The number of rotatable bonds is 5. The van der Waals surface area contributed by atoms with Crippen molar-refractivity contribution in [3.63, 3.8) is 0 Å². The Morgan fingerprint density at radius 1 is 1.50 bits per heavy atom. The van der Waals surface area contributed by atoms with Crippen LogP contribution in [0.5, 0.6) is 0 Å². The van der Waals surface area contributed by atoms with Crippen LogP contribution in [0.3, 0.4) is 0 Å². The van der Waals surface area contributed by atoms with E-state index in [2.05, 4.69) is 27.2 Å². The normalized spacial score (nSPS) is 12.1. The number of terminal acetylenes is 1. The van der Waals surface area contributed by atoms with Gasteiger partial charge in [-0.25, -0.2) is 0 Å². The lowest BCUT2D eigenvalue weighted by molar-refractivity contribution is 0.243. The number of hydrogen-bond donors (Lipinski definition) is 2. The first-order chi connectivity index (χ1) is 7.65. The topological polar surface area (TPSA) is 32.3 Å². The zero-order valence-corrected chi connectivity index (χ0v) is 11.1. The van der Waals surface area contributed by atoms with Gasteiger partial charge in [0.2, 0.25) is 0 Å². The second-order valence-electron chi connectivity index (χ2n) is 3.45. The molecule has 0 amide bonds. The zero-order chi connectivity index (χ0) is 12.0. The standard InChI is InChI=1S/C12H13BrClNO/c1-2-3-12(8-16)15-7-9-4-10(13)6-11(14)5-9/h1,4-6,12,15-16H,3,7-8H2. The lowest BCUT2D eigenvalue weighted by Crippen LogP contribution is -2.31. The van der Waals surface area contributed by atoms with Gasteiger partial charge in [-0.15, -0.1) is 12.3 Å². The molecule has 1 aromatic rings. The van der Waals surface area contributed by atoms with Crippen LogP contribution in [0.25, 0.3) is 0 Å². The molecule has 0 aliphatic rings. The lowest BCUT2D eigenvalue weighted by atomic mass is 10.2. The van der Waals surface area contributed by atoms with Gasteiger partial charge in [0.1, 0.15) is 0 Å². The third-order valence-electron chi connectivity index (χ3n) is 2.10. The first-order valence-electron chi connectivity index (χ1n) is 4.88. The fourth-order valence-electron chi connectivity index (χ4n) is 1.32. The highest BCUT2D eigenvalue weighted by molar-refractivity contribution is 9.10. The van der Waals surface area contributed by atoms with E-state index < -0.39 is 0 Å². The Bertz CT molecular complexity index is 369. The van der Waals surface area contributed by atoms with Crippen LogP contribution in [0.15, 0.2) is 22.7 Å². The first-order valence-corrected chi connectivity index (χ1v) is 6.05. The molecule has 0 bridgehead atoms. The van der Waals surface area contributed by atoms with E-state index in [1.807, 2.05) is 18.2 Å². The van der Waals surface area contributed by atoms with E-state index in [0.717, 1.165) is 10.0 Å². The molecule has 0 saturated heterocycles. The van der Waals surface area contributed by atoms with Gasteiger partial charge in [0.05, 0.1) is 6.61 Å². The van der Waals surface area contributed by atoms with Crippen molar-refractivity contribution in [3.05, 3.63) is 33.3 Å². The highest BCUT2D eigenvalue weighted by Crippen LogP contribution is 2.19. The van der Waals surface area contributed by atoms with E-state index in [1.54, 1.807) is 0 Å². The Morgan fingerprint density at radius 3 is 2.81 bits per heavy atom. The molecule has 1 aromatic carbocycles. The Balaban J connectivity index is 2.57. The second kappa shape index (κ2) is 6.93. The number of hydrogen-bond acceptors (Lipinski definition) is 2. The van der Waals surface area contributed by atoms with Crippen LogP contribution in [-0.2, 0) is 6.54 Å². The number of nitrogens with one attached hydrogen (secondary N) is 1. The molecule has 1 unspecified atom stereocenters. The van der Waals surface area contributed by atoms with Crippen LogP contribution < -0.4 is 5.32 Å². The molecule has 0 heterocycles. The van der Waals surface area contributed by atoms with Gasteiger partial charge in [0, 0.05) is 28.5 Å². The fraction of sp³-hybridized carbons (Fsp3) is 0.333. The molecule has 86 valence electrons. The predicted molar refractivity (Wildman–Crippen MR) is 70.3 cm³/mol. The minimum atomic E-state index is -0.0669. The number of aliphatic hydroxyl groups excluding tert-OH is 1. The molecule has 0 aliphatic heterocycles. The van der Waals surface area contributed by atoms with Crippen LogP contribution in [0, 0.1) is 12.3 Å². The molecule has 0 spiro atoms. The van der Waals surface area contributed by atoms with Crippen molar-refractivity contribution in [2.75, 3.05) is 6.61 Å². The van der Waals surface area contributed by atoms with Crippen molar-refractivity contribution in [1.29, 1.82) is 0 Å². The Kier molecular flexibility index (Phi) is 5.86. The zero-order valence-electron chi connectivity index (χ0n) is 8.71. The summed E-state index contributed by atoms with van der Waals surface area (Å²) in [6, 6.07) is 5.62.